The largest absolute Gasteiger partial charge is 0.477 e. The van der Waals surface area contributed by atoms with E-state index in [9.17, 15) is 13.2 Å². The van der Waals surface area contributed by atoms with Crippen molar-refractivity contribution in [3.05, 3.63) is 18.0 Å². The number of carbonyl (C=O) groups is 1. The average molecular weight is 288 g/mol. The summed E-state index contributed by atoms with van der Waals surface area (Å²) in [4.78, 5) is 11.0. The lowest BCUT2D eigenvalue weighted by molar-refractivity contribution is 0.0685. The smallest absolute Gasteiger partial charge is 0.352 e. The molecule has 0 amide bonds. The standard InChI is InChI=1S/C12H20N2O4S/c1-5-12(3,4)13-19(17,18)9-7-10(11(15)16)14(6-2)8-9/h7-8,13H,5-6H2,1-4H3,(H,15,16). The van der Waals surface area contributed by atoms with Gasteiger partial charge in [0.25, 0.3) is 0 Å². The molecule has 19 heavy (non-hydrogen) atoms. The second kappa shape index (κ2) is 5.34. The fourth-order valence-corrected chi connectivity index (χ4v) is 3.09. The van der Waals surface area contributed by atoms with Gasteiger partial charge >= 0.3 is 5.97 Å². The summed E-state index contributed by atoms with van der Waals surface area (Å²) in [5.74, 6) is -1.14. The number of hydrogen-bond donors (Lipinski definition) is 2. The zero-order valence-corrected chi connectivity index (χ0v) is 12.4. The van der Waals surface area contributed by atoms with Gasteiger partial charge in [0.2, 0.25) is 10.0 Å². The van der Waals surface area contributed by atoms with E-state index in [1.54, 1.807) is 20.8 Å². The molecule has 0 radical (unpaired) electrons. The Labute approximate surface area is 113 Å². The van der Waals surface area contributed by atoms with Gasteiger partial charge in [0.05, 0.1) is 0 Å². The van der Waals surface area contributed by atoms with Gasteiger partial charge in [-0.2, -0.15) is 0 Å². The van der Waals surface area contributed by atoms with Gasteiger partial charge in [-0.05, 0) is 33.3 Å². The summed E-state index contributed by atoms with van der Waals surface area (Å²) in [5.41, 5.74) is -0.603. The van der Waals surface area contributed by atoms with Crippen molar-refractivity contribution in [2.75, 3.05) is 0 Å². The number of rotatable bonds is 6. The van der Waals surface area contributed by atoms with Gasteiger partial charge in [-0.15, -0.1) is 0 Å². The lowest BCUT2D eigenvalue weighted by Gasteiger charge is -2.23. The Morgan fingerprint density at radius 3 is 2.37 bits per heavy atom. The molecule has 0 saturated heterocycles. The number of aromatic nitrogens is 1. The van der Waals surface area contributed by atoms with Crippen molar-refractivity contribution >= 4 is 16.0 Å². The lowest BCUT2D eigenvalue weighted by atomic mass is 10.0. The van der Waals surface area contributed by atoms with E-state index in [1.165, 1.54) is 16.8 Å². The third kappa shape index (κ3) is 3.57. The van der Waals surface area contributed by atoms with Crippen LogP contribution in [-0.2, 0) is 16.6 Å². The monoisotopic (exact) mass is 288 g/mol. The van der Waals surface area contributed by atoms with Gasteiger partial charge in [-0.3, -0.25) is 0 Å². The van der Waals surface area contributed by atoms with Gasteiger partial charge in [0, 0.05) is 18.3 Å². The van der Waals surface area contributed by atoms with Gasteiger partial charge in [-0.25, -0.2) is 17.9 Å². The molecule has 2 N–H and O–H groups in total. The summed E-state index contributed by atoms with van der Waals surface area (Å²) in [6, 6.07) is 1.18. The topological polar surface area (TPSA) is 88.4 Å². The number of aryl methyl sites for hydroxylation is 1. The highest BCUT2D eigenvalue weighted by molar-refractivity contribution is 7.89. The molecule has 7 heteroatoms. The van der Waals surface area contributed by atoms with E-state index in [2.05, 4.69) is 4.72 Å². The van der Waals surface area contributed by atoms with E-state index >= 15 is 0 Å². The molecule has 0 atom stereocenters. The molecule has 0 aliphatic carbocycles. The zero-order valence-electron chi connectivity index (χ0n) is 11.6. The molecule has 108 valence electrons. The van der Waals surface area contributed by atoms with Crippen LogP contribution < -0.4 is 4.72 Å². The molecule has 1 aromatic heterocycles. The number of aromatic carboxylic acids is 1. The highest BCUT2D eigenvalue weighted by atomic mass is 32.2. The minimum absolute atomic E-state index is 0.0201. The van der Waals surface area contributed by atoms with Crippen LogP contribution in [0.15, 0.2) is 17.2 Å². The van der Waals surface area contributed by atoms with Crippen molar-refractivity contribution in [1.29, 1.82) is 0 Å². The average Bonchev–Trinajstić information content (AvgIpc) is 2.72. The Hall–Kier alpha value is -1.34. The van der Waals surface area contributed by atoms with Gasteiger partial charge < -0.3 is 9.67 Å². The maximum atomic E-state index is 12.2. The fourth-order valence-electron chi connectivity index (χ4n) is 1.57. The molecule has 0 aliphatic rings. The molecule has 0 unspecified atom stereocenters. The summed E-state index contributed by atoms with van der Waals surface area (Å²) in [7, 11) is -3.71. The minimum atomic E-state index is -3.71. The number of sulfonamides is 1. The third-order valence-corrected chi connectivity index (χ3v) is 4.70. The molecule has 1 rings (SSSR count). The van der Waals surface area contributed by atoms with Crippen LogP contribution in [0.5, 0.6) is 0 Å². The molecule has 0 bridgehead atoms. The van der Waals surface area contributed by atoms with E-state index in [4.69, 9.17) is 5.11 Å². The Morgan fingerprint density at radius 1 is 1.42 bits per heavy atom. The van der Waals surface area contributed by atoms with E-state index < -0.39 is 21.5 Å². The van der Waals surface area contributed by atoms with E-state index in [0.29, 0.717) is 13.0 Å². The molecule has 1 heterocycles. The first kappa shape index (κ1) is 15.7. The number of carboxylic acid groups (broad SMARTS) is 1. The van der Waals surface area contributed by atoms with Crippen molar-refractivity contribution < 1.29 is 18.3 Å². The van der Waals surface area contributed by atoms with Crippen LogP contribution in [-0.4, -0.2) is 29.6 Å². The first-order chi connectivity index (χ1) is 8.63. The highest BCUT2D eigenvalue weighted by Crippen LogP contribution is 2.18. The molecule has 0 fully saturated rings. The predicted molar refractivity (Wildman–Crippen MR) is 71.8 cm³/mol. The van der Waals surface area contributed by atoms with Crippen LogP contribution in [0, 0.1) is 0 Å². The third-order valence-electron chi connectivity index (χ3n) is 3.04. The molecule has 0 aliphatic heterocycles. The number of carboxylic acids is 1. The molecule has 1 aromatic rings. The normalized spacial score (nSPS) is 12.6. The Bertz CT molecular complexity index is 573. The molecule has 6 nitrogen and oxygen atoms in total. The maximum Gasteiger partial charge on any atom is 0.352 e. The number of nitrogens with zero attached hydrogens (tertiary/aromatic N) is 1. The summed E-state index contributed by atoms with van der Waals surface area (Å²) in [5, 5.41) is 9.02. The summed E-state index contributed by atoms with van der Waals surface area (Å²) >= 11 is 0. The van der Waals surface area contributed by atoms with Crippen molar-refractivity contribution in [3.63, 3.8) is 0 Å². The van der Waals surface area contributed by atoms with E-state index in [1.807, 2.05) is 6.92 Å². The fraction of sp³-hybridized carbons (Fsp3) is 0.583. The highest BCUT2D eigenvalue weighted by Gasteiger charge is 2.27. The van der Waals surface area contributed by atoms with Crippen LogP contribution in [0.2, 0.25) is 0 Å². The predicted octanol–water partition coefficient (Wildman–Crippen LogP) is 1.67. The van der Waals surface area contributed by atoms with Crippen LogP contribution in [0.25, 0.3) is 0 Å². The summed E-state index contributed by atoms with van der Waals surface area (Å²) in [6.45, 7) is 7.59. The second-order valence-corrected chi connectivity index (χ2v) is 6.68. The Morgan fingerprint density at radius 2 is 2.00 bits per heavy atom. The van der Waals surface area contributed by atoms with Crippen LogP contribution in [0.1, 0.15) is 44.6 Å². The van der Waals surface area contributed by atoms with Crippen molar-refractivity contribution in [3.8, 4) is 0 Å². The molecule has 0 saturated carbocycles. The van der Waals surface area contributed by atoms with Crippen molar-refractivity contribution in [2.24, 2.45) is 0 Å². The van der Waals surface area contributed by atoms with Crippen LogP contribution in [0.3, 0.4) is 0 Å². The minimum Gasteiger partial charge on any atom is -0.477 e. The second-order valence-electron chi connectivity index (χ2n) is 5.00. The Balaban J connectivity index is 3.20. The van der Waals surface area contributed by atoms with E-state index in [0.717, 1.165) is 0 Å². The zero-order chi connectivity index (χ0) is 14.8. The quantitative estimate of drug-likeness (QED) is 0.833. The van der Waals surface area contributed by atoms with Crippen molar-refractivity contribution in [2.45, 2.75) is 51.1 Å². The number of nitrogens with one attached hydrogen (secondary N) is 1. The number of hydrogen-bond acceptors (Lipinski definition) is 3. The lowest BCUT2D eigenvalue weighted by Crippen LogP contribution is -2.42. The van der Waals surface area contributed by atoms with Crippen LogP contribution in [0.4, 0.5) is 0 Å². The molecule has 0 aromatic carbocycles. The van der Waals surface area contributed by atoms with Gasteiger partial charge in [0.1, 0.15) is 10.6 Å². The molecular formula is C12H20N2O4S. The summed E-state index contributed by atoms with van der Waals surface area (Å²) < 4.78 is 28.4. The van der Waals surface area contributed by atoms with Crippen LogP contribution >= 0.6 is 0 Å². The first-order valence-electron chi connectivity index (χ1n) is 6.10. The maximum absolute atomic E-state index is 12.2. The summed E-state index contributed by atoms with van der Waals surface area (Å²) in [6.07, 6.45) is 1.98. The van der Waals surface area contributed by atoms with Crippen molar-refractivity contribution in [1.82, 2.24) is 9.29 Å². The SMILES string of the molecule is CCn1cc(S(=O)(=O)NC(C)(C)CC)cc1C(=O)O. The molecular weight excluding hydrogens is 268 g/mol. The van der Waals surface area contributed by atoms with Gasteiger partial charge in [0.15, 0.2) is 0 Å². The van der Waals surface area contributed by atoms with E-state index in [-0.39, 0.29) is 10.6 Å². The van der Waals surface area contributed by atoms with Gasteiger partial charge in [-0.1, -0.05) is 6.92 Å². The molecule has 0 spiro atoms. The Kier molecular flexibility index (Phi) is 4.42. The first-order valence-corrected chi connectivity index (χ1v) is 7.58.